The largest absolute Gasteiger partial charge is 0.427 e. The van der Waals surface area contributed by atoms with Gasteiger partial charge < -0.3 is 15.0 Å². The summed E-state index contributed by atoms with van der Waals surface area (Å²) in [5, 5.41) is 2.97. The number of hydrogen-bond acceptors (Lipinski definition) is 4. The monoisotopic (exact) mass is 386 g/mol. The third-order valence-corrected chi connectivity index (χ3v) is 5.79. The van der Waals surface area contributed by atoms with Crippen LogP contribution in [0.25, 0.3) is 0 Å². The van der Waals surface area contributed by atoms with Crippen molar-refractivity contribution in [1.82, 2.24) is 10.2 Å². The molecule has 2 aliphatic rings. The van der Waals surface area contributed by atoms with Crippen molar-refractivity contribution in [2.45, 2.75) is 51.9 Å². The van der Waals surface area contributed by atoms with Gasteiger partial charge in [-0.2, -0.15) is 0 Å². The highest BCUT2D eigenvalue weighted by molar-refractivity contribution is 5.94. The minimum absolute atomic E-state index is 0.172. The van der Waals surface area contributed by atoms with Gasteiger partial charge in [0.2, 0.25) is 5.91 Å². The molecule has 0 unspecified atom stereocenters. The number of piperidine rings is 1. The Kier molecular flexibility index (Phi) is 7.06. The maximum Gasteiger partial charge on any atom is 0.308 e. The number of carbonyl (C=O) groups excluding carboxylic acids is 3. The summed E-state index contributed by atoms with van der Waals surface area (Å²) in [7, 11) is 0. The Morgan fingerprint density at radius 3 is 2.46 bits per heavy atom. The molecule has 0 atom stereocenters. The van der Waals surface area contributed by atoms with Crippen molar-refractivity contribution >= 4 is 17.8 Å². The van der Waals surface area contributed by atoms with Crippen LogP contribution in [-0.2, 0) is 9.59 Å². The predicted octanol–water partition coefficient (Wildman–Crippen LogP) is 3.16. The van der Waals surface area contributed by atoms with Crippen LogP contribution in [0.2, 0.25) is 0 Å². The number of esters is 1. The second-order valence-electron chi connectivity index (χ2n) is 7.94. The molecule has 1 saturated heterocycles. The zero-order valence-electron chi connectivity index (χ0n) is 16.6. The number of nitrogens with zero attached hydrogens (tertiary/aromatic N) is 1. The lowest BCUT2D eigenvalue weighted by atomic mass is 9.87. The van der Waals surface area contributed by atoms with Crippen LogP contribution >= 0.6 is 0 Å². The van der Waals surface area contributed by atoms with E-state index < -0.39 is 5.97 Å². The molecule has 152 valence electrons. The van der Waals surface area contributed by atoms with Crippen LogP contribution in [0.15, 0.2) is 24.3 Å². The molecule has 1 N–H and O–H groups in total. The van der Waals surface area contributed by atoms with E-state index >= 15 is 0 Å². The maximum atomic E-state index is 12.6. The van der Waals surface area contributed by atoms with Crippen LogP contribution in [0, 0.1) is 11.8 Å². The summed E-state index contributed by atoms with van der Waals surface area (Å²) in [5.74, 6) is 0.742. The first-order chi connectivity index (χ1) is 13.5. The van der Waals surface area contributed by atoms with Crippen molar-refractivity contribution in [3.63, 3.8) is 0 Å². The second kappa shape index (κ2) is 9.71. The fourth-order valence-electron chi connectivity index (χ4n) is 4.17. The van der Waals surface area contributed by atoms with Crippen LogP contribution in [0.3, 0.4) is 0 Å². The highest BCUT2D eigenvalue weighted by Crippen LogP contribution is 2.27. The number of rotatable bonds is 5. The molecule has 1 saturated carbocycles. The van der Waals surface area contributed by atoms with Gasteiger partial charge in [-0.05, 0) is 49.8 Å². The summed E-state index contributed by atoms with van der Waals surface area (Å²) in [6.07, 6.45) is 7.55. The molecule has 0 bridgehead atoms. The normalized spacial score (nSPS) is 18.5. The van der Waals surface area contributed by atoms with Crippen LogP contribution < -0.4 is 10.1 Å². The van der Waals surface area contributed by atoms with Crippen molar-refractivity contribution in [1.29, 1.82) is 0 Å². The van der Waals surface area contributed by atoms with Gasteiger partial charge in [-0.25, -0.2) is 0 Å². The van der Waals surface area contributed by atoms with Crippen molar-refractivity contribution in [2.24, 2.45) is 11.8 Å². The summed E-state index contributed by atoms with van der Waals surface area (Å²) in [6, 6.07) is 6.62. The number of hydrogen-bond donors (Lipinski definition) is 1. The van der Waals surface area contributed by atoms with Crippen LogP contribution in [0.4, 0.5) is 0 Å². The Hall–Kier alpha value is -2.37. The first kappa shape index (κ1) is 20.4. The molecule has 28 heavy (non-hydrogen) atoms. The standard InChI is InChI=1S/C22H30N2O4/c1-16(25)28-20-9-5-8-19(14-20)21(26)23-15-17-10-12-24(13-11-17)22(27)18-6-3-2-4-7-18/h5,8-9,14,17-18H,2-4,6-7,10-13,15H2,1H3,(H,23,26). The van der Waals surface area contributed by atoms with Crippen molar-refractivity contribution in [3.8, 4) is 5.75 Å². The molecule has 1 aromatic rings. The summed E-state index contributed by atoms with van der Waals surface area (Å²) in [6.45, 7) is 3.51. The molecule has 0 aromatic heterocycles. The van der Waals surface area contributed by atoms with E-state index in [0.717, 1.165) is 38.8 Å². The number of nitrogens with one attached hydrogen (secondary N) is 1. The quantitative estimate of drug-likeness (QED) is 0.623. The van der Waals surface area contributed by atoms with Crippen LogP contribution in [0.1, 0.15) is 62.2 Å². The lowest BCUT2D eigenvalue weighted by molar-refractivity contribution is -0.138. The van der Waals surface area contributed by atoms with E-state index in [0.29, 0.717) is 29.7 Å². The second-order valence-corrected chi connectivity index (χ2v) is 7.94. The summed E-state index contributed by atoms with van der Waals surface area (Å²) in [5.41, 5.74) is 0.476. The molecular formula is C22H30N2O4. The predicted molar refractivity (Wildman–Crippen MR) is 106 cm³/mol. The van der Waals surface area contributed by atoms with Gasteiger partial charge in [0, 0.05) is 38.0 Å². The van der Waals surface area contributed by atoms with E-state index in [2.05, 4.69) is 5.32 Å². The summed E-state index contributed by atoms with van der Waals surface area (Å²) >= 11 is 0. The van der Waals surface area contributed by atoms with Crippen molar-refractivity contribution < 1.29 is 19.1 Å². The number of carbonyl (C=O) groups is 3. The molecule has 6 nitrogen and oxygen atoms in total. The zero-order chi connectivity index (χ0) is 19.9. The molecule has 0 radical (unpaired) electrons. The maximum absolute atomic E-state index is 12.6. The van der Waals surface area contributed by atoms with Crippen molar-refractivity contribution in [3.05, 3.63) is 29.8 Å². The van der Waals surface area contributed by atoms with E-state index in [1.165, 1.54) is 26.2 Å². The van der Waals surface area contributed by atoms with Crippen LogP contribution in [-0.4, -0.2) is 42.3 Å². The average Bonchev–Trinajstić information content (AvgIpc) is 2.72. The molecule has 1 aromatic carbocycles. The van der Waals surface area contributed by atoms with Gasteiger partial charge in [0.15, 0.2) is 0 Å². The van der Waals surface area contributed by atoms with Gasteiger partial charge in [0.05, 0.1) is 0 Å². The topological polar surface area (TPSA) is 75.7 Å². The highest BCUT2D eigenvalue weighted by atomic mass is 16.5. The minimum atomic E-state index is -0.410. The number of ether oxygens (including phenoxy) is 1. The molecule has 6 heteroatoms. The van der Waals surface area contributed by atoms with Gasteiger partial charge in [0.1, 0.15) is 5.75 Å². The van der Waals surface area contributed by atoms with Gasteiger partial charge in [-0.15, -0.1) is 0 Å². The lowest BCUT2D eigenvalue weighted by Crippen LogP contribution is -2.44. The molecule has 1 aliphatic heterocycles. The van der Waals surface area contributed by atoms with Gasteiger partial charge in [-0.3, -0.25) is 14.4 Å². The Labute approximate surface area is 166 Å². The first-order valence-electron chi connectivity index (χ1n) is 10.4. The average molecular weight is 386 g/mol. The zero-order valence-corrected chi connectivity index (χ0v) is 16.6. The number of benzene rings is 1. The summed E-state index contributed by atoms with van der Waals surface area (Å²) < 4.78 is 5.03. The smallest absolute Gasteiger partial charge is 0.308 e. The van der Waals surface area contributed by atoms with Gasteiger partial charge in [-0.1, -0.05) is 25.3 Å². The van der Waals surface area contributed by atoms with Gasteiger partial charge in [0.25, 0.3) is 5.91 Å². The van der Waals surface area contributed by atoms with Crippen LogP contribution in [0.5, 0.6) is 5.75 Å². The minimum Gasteiger partial charge on any atom is -0.427 e. The molecular weight excluding hydrogens is 356 g/mol. The number of likely N-dealkylation sites (tertiary alicyclic amines) is 1. The molecule has 2 fully saturated rings. The Bertz CT molecular complexity index is 704. The molecule has 1 aliphatic carbocycles. The van der Waals surface area contributed by atoms with E-state index in [9.17, 15) is 14.4 Å². The molecule has 0 spiro atoms. The molecule has 2 amide bonds. The van der Waals surface area contributed by atoms with E-state index in [4.69, 9.17) is 4.74 Å². The molecule has 1 heterocycles. The fraction of sp³-hybridized carbons (Fsp3) is 0.591. The van der Waals surface area contributed by atoms with Gasteiger partial charge >= 0.3 is 5.97 Å². The highest BCUT2D eigenvalue weighted by Gasteiger charge is 2.29. The van der Waals surface area contributed by atoms with E-state index in [1.807, 2.05) is 4.90 Å². The SMILES string of the molecule is CC(=O)Oc1cccc(C(=O)NCC2CCN(C(=O)C3CCCCC3)CC2)c1. The van der Waals surface area contributed by atoms with E-state index in [1.54, 1.807) is 24.3 Å². The Morgan fingerprint density at radius 1 is 1.07 bits per heavy atom. The first-order valence-corrected chi connectivity index (χ1v) is 10.4. The third kappa shape index (κ3) is 5.57. The summed E-state index contributed by atoms with van der Waals surface area (Å²) in [4.78, 5) is 38.1. The number of amides is 2. The lowest BCUT2D eigenvalue weighted by Gasteiger charge is -2.35. The third-order valence-electron chi connectivity index (χ3n) is 5.79. The van der Waals surface area contributed by atoms with Crippen molar-refractivity contribution in [2.75, 3.05) is 19.6 Å². The molecule has 3 rings (SSSR count). The Balaban J connectivity index is 1.43. The van der Waals surface area contributed by atoms with E-state index in [-0.39, 0.29) is 11.8 Å². The Morgan fingerprint density at radius 2 is 1.79 bits per heavy atom. The fourth-order valence-corrected chi connectivity index (χ4v) is 4.17.